The van der Waals surface area contributed by atoms with E-state index in [1.807, 2.05) is 0 Å². The second-order valence-corrected chi connectivity index (χ2v) is 7.34. The van der Waals surface area contributed by atoms with E-state index in [4.69, 9.17) is 0 Å². The van der Waals surface area contributed by atoms with E-state index in [1.54, 1.807) is 23.1 Å². The van der Waals surface area contributed by atoms with Crippen LogP contribution in [0.1, 0.15) is 11.4 Å². The summed E-state index contributed by atoms with van der Waals surface area (Å²) in [7, 11) is 1.22. The lowest BCUT2D eigenvalue weighted by Gasteiger charge is -2.34. The van der Waals surface area contributed by atoms with Crippen LogP contribution in [-0.4, -0.2) is 62.4 Å². The number of hydrogen-bond donors (Lipinski definition) is 0. The molecule has 1 aliphatic heterocycles. The number of thioether (sulfide) groups is 1. The topological polar surface area (TPSA) is 54.3 Å². The SMILES string of the molecule is Cn1c(SCC(=O)N2CCN(Cc3ccccc3F)CC2)nnc1C(F)(F)F. The smallest absolute Gasteiger partial charge is 0.339 e. The number of benzene rings is 1. The Morgan fingerprint density at radius 1 is 1.14 bits per heavy atom. The minimum Gasteiger partial charge on any atom is -0.339 e. The van der Waals surface area contributed by atoms with Gasteiger partial charge in [-0.15, -0.1) is 10.2 Å². The molecule has 1 aromatic heterocycles. The first-order valence-electron chi connectivity index (χ1n) is 8.58. The fraction of sp³-hybridized carbons (Fsp3) is 0.471. The molecule has 0 atom stereocenters. The molecule has 0 aliphatic carbocycles. The molecule has 0 spiro atoms. The molecule has 0 radical (unpaired) electrons. The molecule has 152 valence electrons. The highest BCUT2D eigenvalue weighted by atomic mass is 32.2. The van der Waals surface area contributed by atoms with E-state index in [1.165, 1.54) is 13.1 Å². The molecule has 1 amide bonds. The van der Waals surface area contributed by atoms with Gasteiger partial charge in [-0.3, -0.25) is 9.69 Å². The lowest BCUT2D eigenvalue weighted by Crippen LogP contribution is -2.48. The van der Waals surface area contributed by atoms with Gasteiger partial charge in [0.2, 0.25) is 11.7 Å². The molecule has 1 aromatic carbocycles. The first-order valence-corrected chi connectivity index (χ1v) is 9.57. The Balaban J connectivity index is 1.48. The van der Waals surface area contributed by atoms with E-state index >= 15 is 0 Å². The van der Waals surface area contributed by atoms with Gasteiger partial charge < -0.3 is 9.47 Å². The van der Waals surface area contributed by atoms with Crippen molar-refractivity contribution in [3.05, 3.63) is 41.5 Å². The van der Waals surface area contributed by atoms with Crippen LogP contribution in [0.4, 0.5) is 17.6 Å². The third kappa shape index (κ3) is 4.82. The van der Waals surface area contributed by atoms with Gasteiger partial charge in [0, 0.05) is 45.3 Å². The Kier molecular flexibility index (Phi) is 6.23. The summed E-state index contributed by atoms with van der Waals surface area (Å²) in [4.78, 5) is 16.1. The molecule has 1 fully saturated rings. The Morgan fingerprint density at radius 3 is 2.43 bits per heavy atom. The van der Waals surface area contributed by atoms with Crippen LogP contribution in [0.5, 0.6) is 0 Å². The van der Waals surface area contributed by atoms with Gasteiger partial charge in [0.1, 0.15) is 5.82 Å². The number of hydrogen-bond acceptors (Lipinski definition) is 5. The van der Waals surface area contributed by atoms with Crippen molar-refractivity contribution in [1.29, 1.82) is 0 Å². The summed E-state index contributed by atoms with van der Waals surface area (Å²) in [5, 5.41) is 6.69. The molecule has 6 nitrogen and oxygen atoms in total. The highest BCUT2D eigenvalue weighted by Gasteiger charge is 2.37. The van der Waals surface area contributed by atoms with Gasteiger partial charge in [0.05, 0.1) is 5.75 Å². The molecule has 2 aromatic rings. The third-order valence-corrected chi connectivity index (χ3v) is 5.49. The number of carbonyl (C=O) groups excluding carboxylic acids is 1. The highest BCUT2D eigenvalue weighted by Crippen LogP contribution is 2.29. The minimum atomic E-state index is -4.58. The van der Waals surface area contributed by atoms with Gasteiger partial charge in [-0.05, 0) is 6.07 Å². The Labute approximate surface area is 163 Å². The normalized spacial score (nSPS) is 15.8. The summed E-state index contributed by atoms with van der Waals surface area (Å²) < 4.78 is 52.8. The molecule has 0 N–H and O–H groups in total. The summed E-state index contributed by atoms with van der Waals surface area (Å²) in [6.07, 6.45) is -4.58. The second-order valence-electron chi connectivity index (χ2n) is 6.40. The number of carbonyl (C=O) groups is 1. The molecule has 1 aliphatic rings. The monoisotopic (exact) mass is 417 g/mol. The van der Waals surface area contributed by atoms with Crippen molar-refractivity contribution >= 4 is 17.7 Å². The molecular formula is C17H19F4N5OS. The third-order valence-electron chi connectivity index (χ3n) is 4.49. The molecule has 0 unspecified atom stereocenters. The van der Waals surface area contributed by atoms with E-state index < -0.39 is 12.0 Å². The Bertz CT molecular complexity index is 833. The molecule has 28 heavy (non-hydrogen) atoms. The van der Waals surface area contributed by atoms with Gasteiger partial charge in [-0.1, -0.05) is 30.0 Å². The lowest BCUT2D eigenvalue weighted by atomic mass is 10.2. The van der Waals surface area contributed by atoms with Crippen LogP contribution in [0, 0.1) is 5.82 Å². The first kappa shape index (κ1) is 20.6. The van der Waals surface area contributed by atoms with Crippen molar-refractivity contribution in [2.24, 2.45) is 7.05 Å². The summed E-state index contributed by atoms with van der Waals surface area (Å²) in [5.74, 6) is -1.53. The van der Waals surface area contributed by atoms with Crippen molar-refractivity contribution in [3.8, 4) is 0 Å². The minimum absolute atomic E-state index is 0.0167. The number of aromatic nitrogens is 3. The van der Waals surface area contributed by atoms with Gasteiger partial charge in [-0.2, -0.15) is 13.2 Å². The largest absolute Gasteiger partial charge is 0.451 e. The molecular weight excluding hydrogens is 398 g/mol. The Hall–Kier alpha value is -2.14. The predicted molar refractivity (Wildman–Crippen MR) is 95.0 cm³/mol. The summed E-state index contributed by atoms with van der Waals surface area (Å²) >= 11 is 0.926. The van der Waals surface area contributed by atoms with Crippen molar-refractivity contribution < 1.29 is 22.4 Å². The quantitative estimate of drug-likeness (QED) is 0.553. The van der Waals surface area contributed by atoms with Crippen LogP contribution in [0.2, 0.25) is 0 Å². The van der Waals surface area contributed by atoms with Crippen LogP contribution in [0.3, 0.4) is 0 Å². The van der Waals surface area contributed by atoms with Crippen molar-refractivity contribution in [3.63, 3.8) is 0 Å². The fourth-order valence-corrected chi connectivity index (χ4v) is 3.74. The van der Waals surface area contributed by atoms with Gasteiger partial charge in [0.25, 0.3) is 0 Å². The maximum atomic E-state index is 13.7. The molecule has 2 heterocycles. The maximum absolute atomic E-state index is 13.7. The summed E-state index contributed by atoms with van der Waals surface area (Å²) in [5.41, 5.74) is 0.612. The molecule has 0 bridgehead atoms. The van der Waals surface area contributed by atoms with Crippen LogP contribution in [0.15, 0.2) is 29.4 Å². The Morgan fingerprint density at radius 2 is 1.82 bits per heavy atom. The average Bonchev–Trinajstić information content (AvgIpc) is 3.03. The lowest BCUT2D eigenvalue weighted by molar-refractivity contribution is -0.147. The van der Waals surface area contributed by atoms with E-state index in [2.05, 4.69) is 15.1 Å². The fourth-order valence-electron chi connectivity index (χ4n) is 2.93. The van der Waals surface area contributed by atoms with Crippen molar-refractivity contribution in [2.45, 2.75) is 17.9 Å². The van der Waals surface area contributed by atoms with Crippen LogP contribution in [0.25, 0.3) is 0 Å². The van der Waals surface area contributed by atoms with Gasteiger partial charge >= 0.3 is 6.18 Å². The summed E-state index contributed by atoms with van der Waals surface area (Å²) in [6, 6.07) is 6.58. The number of nitrogens with zero attached hydrogens (tertiary/aromatic N) is 5. The maximum Gasteiger partial charge on any atom is 0.451 e. The first-order chi connectivity index (χ1) is 13.3. The van der Waals surface area contributed by atoms with Gasteiger partial charge in [0.15, 0.2) is 5.16 Å². The average molecular weight is 417 g/mol. The number of halogens is 4. The predicted octanol–water partition coefficient (Wildman–Crippen LogP) is 2.41. The van der Waals surface area contributed by atoms with E-state index in [-0.39, 0.29) is 22.6 Å². The standard InChI is InChI=1S/C17H19F4N5OS/c1-24-15(17(19,20)21)22-23-16(24)28-11-14(27)26-8-6-25(7-9-26)10-12-4-2-3-5-13(12)18/h2-5H,6-11H2,1H3. The number of amides is 1. The zero-order valence-electron chi connectivity index (χ0n) is 15.1. The van der Waals surface area contributed by atoms with E-state index in [9.17, 15) is 22.4 Å². The van der Waals surface area contributed by atoms with Crippen LogP contribution in [-0.2, 0) is 24.6 Å². The number of alkyl halides is 3. The van der Waals surface area contributed by atoms with Crippen molar-refractivity contribution in [2.75, 3.05) is 31.9 Å². The van der Waals surface area contributed by atoms with Crippen LogP contribution < -0.4 is 0 Å². The van der Waals surface area contributed by atoms with Crippen LogP contribution >= 0.6 is 11.8 Å². The zero-order chi connectivity index (χ0) is 20.3. The van der Waals surface area contributed by atoms with Crippen molar-refractivity contribution in [1.82, 2.24) is 24.6 Å². The van der Waals surface area contributed by atoms with E-state index in [0.29, 0.717) is 38.3 Å². The number of rotatable bonds is 5. The highest BCUT2D eigenvalue weighted by molar-refractivity contribution is 7.99. The molecule has 11 heteroatoms. The second kappa shape index (κ2) is 8.48. The zero-order valence-corrected chi connectivity index (χ0v) is 15.9. The molecule has 1 saturated heterocycles. The van der Waals surface area contributed by atoms with E-state index in [0.717, 1.165) is 16.3 Å². The number of piperazine rings is 1. The van der Waals surface area contributed by atoms with Gasteiger partial charge in [-0.25, -0.2) is 4.39 Å². The summed E-state index contributed by atoms with van der Waals surface area (Å²) in [6.45, 7) is 2.66. The molecule has 0 saturated carbocycles. The molecule has 3 rings (SSSR count).